The molecule has 2 rings (SSSR count). The van der Waals surface area contributed by atoms with Crippen LogP contribution in [0.15, 0.2) is 28.7 Å². The van der Waals surface area contributed by atoms with Crippen molar-refractivity contribution in [2.45, 2.75) is 11.9 Å². The van der Waals surface area contributed by atoms with E-state index in [0.717, 1.165) is 16.9 Å². The van der Waals surface area contributed by atoms with Crippen LogP contribution in [0, 0.1) is 6.92 Å². The highest BCUT2D eigenvalue weighted by molar-refractivity contribution is 7.98. The van der Waals surface area contributed by atoms with E-state index in [4.69, 9.17) is 5.11 Å². The molecule has 2 N–H and O–H groups in total. The molecule has 0 aliphatic carbocycles. The minimum Gasteiger partial charge on any atom is -0.477 e. The number of carboxylic acids is 1. The molecule has 2 heterocycles. The first-order valence-corrected chi connectivity index (χ1v) is 7.76. The second-order valence-electron chi connectivity index (χ2n) is 3.94. The molecule has 2 aromatic rings. The molecular formula is C13H12N2O3S2. The van der Waals surface area contributed by atoms with Crippen molar-refractivity contribution in [3.8, 4) is 0 Å². The van der Waals surface area contributed by atoms with Crippen molar-refractivity contribution in [3.63, 3.8) is 0 Å². The number of thioether (sulfide) groups is 1. The highest BCUT2D eigenvalue weighted by atomic mass is 32.2. The minimum absolute atomic E-state index is 0.130. The topological polar surface area (TPSA) is 79.3 Å². The number of aromatic carboxylic acids is 1. The maximum atomic E-state index is 12.3. The lowest BCUT2D eigenvalue weighted by Crippen LogP contribution is -2.15. The minimum atomic E-state index is -1.05. The number of aryl methyl sites for hydroxylation is 1. The molecule has 20 heavy (non-hydrogen) atoms. The number of nitrogens with one attached hydrogen (secondary N) is 1. The lowest BCUT2D eigenvalue weighted by atomic mass is 10.2. The fraction of sp³-hybridized carbons (Fsp3) is 0.154. The zero-order valence-electron chi connectivity index (χ0n) is 10.8. The number of hydrogen-bond donors (Lipinski definition) is 2. The summed E-state index contributed by atoms with van der Waals surface area (Å²) >= 11 is 2.46. The maximum Gasteiger partial charge on any atom is 0.348 e. The summed E-state index contributed by atoms with van der Waals surface area (Å²) < 4.78 is 0. The highest BCUT2D eigenvalue weighted by Crippen LogP contribution is 2.28. The Hall–Kier alpha value is -1.86. The summed E-state index contributed by atoms with van der Waals surface area (Å²) in [5, 5.41) is 14.1. The molecule has 1 amide bonds. The average molecular weight is 308 g/mol. The Kier molecular flexibility index (Phi) is 4.41. The van der Waals surface area contributed by atoms with Crippen LogP contribution in [-0.2, 0) is 0 Å². The van der Waals surface area contributed by atoms with Crippen LogP contribution in [0.3, 0.4) is 0 Å². The molecule has 0 atom stereocenters. The predicted octanol–water partition coefficient (Wildman–Crippen LogP) is 3.12. The van der Waals surface area contributed by atoms with Crippen LogP contribution >= 0.6 is 23.1 Å². The van der Waals surface area contributed by atoms with E-state index in [2.05, 4.69) is 10.3 Å². The van der Waals surface area contributed by atoms with E-state index in [1.165, 1.54) is 11.8 Å². The summed E-state index contributed by atoms with van der Waals surface area (Å²) in [6.07, 6.45) is 3.44. The third-order valence-electron chi connectivity index (χ3n) is 2.62. The Bertz CT molecular complexity index is 667. The molecule has 0 radical (unpaired) electrons. The largest absolute Gasteiger partial charge is 0.477 e. The van der Waals surface area contributed by atoms with Crippen LogP contribution in [0.4, 0.5) is 5.69 Å². The van der Waals surface area contributed by atoms with Crippen molar-refractivity contribution in [2.75, 3.05) is 11.6 Å². The van der Waals surface area contributed by atoms with Crippen LogP contribution in [-0.4, -0.2) is 28.2 Å². The number of anilines is 1. The van der Waals surface area contributed by atoms with E-state index in [1.807, 2.05) is 6.26 Å². The molecule has 0 aromatic carbocycles. The van der Waals surface area contributed by atoms with Gasteiger partial charge in [0.25, 0.3) is 5.91 Å². The standard InChI is InChI=1S/C13H12N2O3S2/c1-7-6-20-10(13(17)18)9(7)15-11(16)8-4-3-5-14-12(8)19-2/h3-6H,1-2H3,(H,15,16)(H,17,18). The van der Waals surface area contributed by atoms with Crippen molar-refractivity contribution in [3.05, 3.63) is 39.7 Å². The monoisotopic (exact) mass is 308 g/mol. The van der Waals surface area contributed by atoms with Crippen molar-refractivity contribution < 1.29 is 14.7 Å². The number of pyridine rings is 1. The van der Waals surface area contributed by atoms with Gasteiger partial charge in [-0.15, -0.1) is 23.1 Å². The number of rotatable bonds is 4. The lowest BCUT2D eigenvalue weighted by Gasteiger charge is -2.08. The molecule has 0 bridgehead atoms. The molecule has 0 saturated heterocycles. The Morgan fingerprint density at radius 1 is 1.45 bits per heavy atom. The van der Waals surface area contributed by atoms with Crippen molar-refractivity contribution >= 4 is 40.7 Å². The molecule has 0 unspecified atom stereocenters. The van der Waals surface area contributed by atoms with Gasteiger partial charge in [-0.1, -0.05) is 0 Å². The van der Waals surface area contributed by atoms with Crippen molar-refractivity contribution in [1.29, 1.82) is 0 Å². The highest BCUT2D eigenvalue weighted by Gasteiger charge is 2.19. The number of amides is 1. The van der Waals surface area contributed by atoms with E-state index in [-0.39, 0.29) is 10.8 Å². The molecule has 7 heteroatoms. The molecule has 5 nitrogen and oxygen atoms in total. The number of nitrogens with zero attached hydrogens (tertiary/aromatic N) is 1. The third-order valence-corrected chi connectivity index (χ3v) is 4.41. The van der Waals surface area contributed by atoms with E-state index >= 15 is 0 Å². The second kappa shape index (κ2) is 6.06. The van der Waals surface area contributed by atoms with Gasteiger partial charge in [-0.05, 0) is 36.3 Å². The van der Waals surface area contributed by atoms with Gasteiger partial charge < -0.3 is 10.4 Å². The van der Waals surface area contributed by atoms with Gasteiger partial charge in [0.15, 0.2) is 0 Å². The van der Waals surface area contributed by atoms with Gasteiger partial charge in [-0.3, -0.25) is 4.79 Å². The predicted molar refractivity (Wildman–Crippen MR) is 80.0 cm³/mol. The van der Waals surface area contributed by atoms with E-state index < -0.39 is 5.97 Å². The first kappa shape index (κ1) is 14.5. The summed E-state index contributed by atoms with van der Waals surface area (Å²) in [6, 6.07) is 3.34. The quantitative estimate of drug-likeness (QED) is 0.848. The summed E-state index contributed by atoms with van der Waals surface area (Å²) in [6.45, 7) is 1.76. The summed E-state index contributed by atoms with van der Waals surface area (Å²) in [5.41, 5.74) is 1.51. The fourth-order valence-corrected chi connectivity index (χ4v) is 3.05. The normalized spacial score (nSPS) is 10.3. The average Bonchev–Trinajstić information content (AvgIpc) is 2.80. The van der Waals surface area contributed by atoms with Crippen LogP contribution in [0.25, 0.3) is 0 Å². The van der Waals surface area contributed by atoms with E-state index in [1.54, 1.807) is 30.6 Å². The zero-order valence-corrected chi connectivity index (χ0v) is 12.5. The number of carboxylic acid groups (broad SMARTS) is 1. The summed E-state index contributed by atoms with van der Waals surface area (Å²) in [5.74, 6) is -1.40. The molecule has 0 aliphatic heterocycles. The van der Waals surface area contributed by atoms with Crippen molar-refractivity contribution in [2.24, 2.45) is 0 Å². The summed E-state index contributed by atoms with van der Waals surface area (Å²) in [4.78, 5) is 27.6. The van der Waals surface area contributed by atoms with Gasteiger partial charge in [0.1, 0.15) is 9.90 Å². The van der Waals surface area contributed by atoms with Gasteiger partial charge >= 0.3 is 5.97 Å². The van der Waals surface area contributed by atoms with Gasteiger partial charge in [0.2, 0.25) is 0 Å². The van der Waals surface area contributed by atoms with Gasteiger partial charge in [0, 0.05) is 6.20 Å². The molecule has 104 valence electrons. The number of thiophene rings is 1. The Morgan fingerprint density at radius 2 is 2.20 bits per heavy atom. The van der Waals surface area contributed by atoms with Crippen LogP contribution in [0.2, 0.25) is 0 Å². The fourth-order valence-electron chi connectivity index (χ4n) is 1.66. The smallest absolute Gasteiger partial charge is 0.348 e. The number of carbonyl (C=O) groups excluding carboxylic acids is 1. The first-order chi connectivity index (χ1) is 9.54. The summed E-state index contributed by atoms with van der Waals surface area (Å²) in [7, 11) is 0. The number of aromatic nitrogens is 1. The Balaban J connectivity index is 2.33. The second-order valence-corrected chi connectivity index (χ2v) is 5.62. The van der Waals surface area contributed by atoms with Gasteiger partial charge in [0.05, 0.1) is 11.3 Å². The molecule has 0 spiro atoms. The molecule has 0 saturated carbocycles. The van der Waals surface area contributed by atoms with E-state index in [0.29, 0.717) is 16.3 Å². The van der Waals surface area contributed by atoms with Crippen molar-refractivity contribution in [1.82, 2.24) is 4.98 Å². The first-order valence-electron chi connectivity index (χ1n) is 5.66. The van der Waals surface area contributed by atoms with E-state index in [9.17, 15) is 9.59 Å². The molecule has 0 aliphatic rings. The van der Waals surface area contributed by atoms with Gasteiger partial charge in [-0.25, -0.2) is 9.78 Å². The lowest BCUT2D eigenvalue weighted by molar-refractivity contribution is 0.0703. The van der Waals surface area contributed by atoms with Crippen LogP contribution < -0.4 is 5.32 Å². The SMILES string of the molecule is CSc1ncccc1C(=O)Nc1c(C)csc1C(=O)O. The zero-order chi connectivity index (χ0) is 14.7. The number of carbonyl (C=O) groups is 2. The third kappa shape index (κ3) is 2.83. The molecule has 2 aromatic heterocycles. The van der Waals surface area contributed by atoms with Crippen LogP contribution in [0.5, 0.6) is 0 Å². The Labute approximate surface area is 124 Å². The van der Waals surface area contributed by atoms with Gasteiger partial charge in [-0.2, -0.15) is 0 Å². The Morgan fingerprint density at radius 3 is 2.85 bits per heavy atom. The van der Waals surface area contributed by atoms with Crippen LogP contribution in [0.1, 0.15) is 25.6 Å². The number of hydrogen-bond acceptors (Lipinski definition) is 5. The maximum absolute atomic E-state index is 12.3. The molecular weight excluding hydrogens is 296 g/mol. The molecule has 0 fully saturated rings.